The molecule has 1 aliphatic rings. The Morgan fingerprint density at radius 1 is 1.28 bits per heavy atom. The molecule has 0 bridgehead atoms. The molecule has 0 spiro atoms. The first-order chi connectivity index (χ1) is 8.56. The van der Waals surface area contributed by atoms with Crippen LogP contribution in [0.25, 0.3) is 0 Å². The quantitative estimate of drug-likeness (QED) is 0.908. The van der Waals surface area contributed by atoms with E-state index in [0.717, 1.165) is 31.5 Å². The molecule has 2 rings (SSSR count). The lowest BCUT2D eigenvalue weighted by Gasteiger charge is -2.30. The summed E-state index contributed by atoms with van der Waals surface area (Å²) >= 11 is 11.8. The third kappa shape index (κ3) is 3.37. The van der Waals surface area contributed by atoms with Crippen LogP contribution in [-0.2, 0) is 11.2 Å². The third-order valence-electron chi connectivity index (χ3n) is 3.23. The number of halogens is 2. The van der Waals surface area contributed by atoms with Gasteiger partial charge in [0.25, 0.3) is 0 Å². The summed E-state index contributed by atoms with van der Waals surface area (Å²) in [5, 5.41) is 0.999. The van der Waals surface area contributed by atoms with Crippen molar-refractivity contribution >= 4 is 29.1 Å². The lowest BCUT2D eigenvalue weighted by atomic mass is 10.0. The molecule has 1 amide bonds. The minimum atomic E-state index is 0.125. The molecule has 0 aromatic heterocycles. The molecule has 1 heterocycles. The number of piperidine rings is 1. The van der Waals surface area contributed by atoms with Gasteiger partial charge in [0, 0.05) is 19.1 Å². The molecule has 98 valence electrons. The molecule has 0 unspecified atom stereocenters. The summed E-state index contributed by atoms with van der Waals surface area (Å²) in [6, 6.07) is 5.54. The van der Waals surface area contributed by atoms with Crippen LogP contribution < -0.4 is 5.73 Å². The van der Waals surface area contributed by atoms with E-state index >= 15 is 0 Å². The van der Waals surface area contributed by atoms with Crippen molar-refractivity contribution < 1.29 is 4.79 Å². The maximum atomic E-state index is 12.1. The van der Waals surface area contributed by atoms with E-state index in [2.05, 4.69) is 0 Å². The van der Waals surface area contributed by atoms with Crippen molar-refractivity contribution in [3.05, 3.63) is 33.8 Å². The van der Waals surface area contributed by atoms with E-state index in [0.29, 0.717) is 16.5 Å². The number of nitrogens with zero attached hydrogens (tertiary/aromatic N) is 1. The summed E-state index contributed by atoms with van der Waals surface area (Å²) in [7, 11) is 0. The van der Waals surface area contributed by atoms with Gasteiger partial charge in [-0.15, -0.1) is 0 Å². The average molecular weight is 287 g/mol. The first-order valence-electron chi connectivity index (χ1n) is 6.03. The highest BCUT2D eigenvalue weighted by molar-refractivity contribution is 6.42. The van der Waals surface area contributed by atoms with Crippen LogP contribution in [0, 0.1) is 0 Å². The third-order valence-corrected chi connectivity index (χ3v) is 3.97. The standard InChI is InChI=1S/C13H16Cl2N2O/c14-11-2-1-9(7-12(11)15)8-13(18)17-5-3-10(16)4-6-17/h1-2,7,10H,3-6,8,16H2. The van der Waals surface area contributed by atoms with E-state index in [1.807, 2.05) is 11.0 Å². The number of rotatable bonds is 2. The molecule has 0 radical (unpaired) electrons. The van der Waals surface area contributed by atoms with Gasteiger partial charge in [-0.3, -0.25) is 4.79 Å². The van der Waals surface area contributed by atoms with Crippen LogP contribution in [0.3, 0.4) is 0 Å². The lowest BCUT2D eigenvalue weighted by molar-refractivity contribution is -0.131. The predicted molar refractivity (Wildman–Crippen MR) is 74.0 cm³/mol. The molecular weight excluding hydrogens is 271 g/mol. The summed E-state index contributed by atoms with van der Waals surface area (Å²) in [5.41, 5.74) is 6.71. The predicted octanol–water partition coefficient (Wildman–Crippen LogP) is 2.49. The van der Waals surface area contributed by atoms with Crippen molar-refractivity contribution in [2.75, 3.05) is 13.1 Å². The Morgan fingerprint density at radius 3 is 2.56 bits per heavy atom. The average Bonchev–Trinajstić information content (AvgIpc) is 2.34. The Hall–Kier alpha value is -0.770. The van der Waals surface area contributed by atoms with Crippen LogP contribution in [0.5, 0.6) is 0 Å². The first-order valence-corrected chi connectivity index (χ1v) is 6.79. The van der Waals surface area contributed by atoms with Crippen LogP contribution in [0.4, 0.5) is 0 Å². The monoisotopic (exact) mass is 286 g/mol. The lowest BCUT2D eigenvalue weighted by Crippen LogP contribution is -2.43. The molecule has 0 saturated carbocycles. The van der Waals surface area contributed by atoms with Crippen molar-refractivity contribution in [1.82, 2.24) is 4.90 Å². The molecule has 1 aromatic carbocycles. The van der Waals surface area contributed by atoms with Crippen molar-refractivity contribution in [3.8, 4) is 0 Å². The highest BCUT2D eigenvalue weighted by atomic mass is 35.5. The fraction of sp³-hybridized carbons (Fsp3) is 0.462. The zero-order chi connectivity index (χ0) is 13.1. The Bertz CT molecular complexity index is 443. The van der Waals surface area contributed by atoms with E-state index in [9.17, 15) is 4.79 Å². The Balaban J connectivity index is 1.96. The summed E-state index contributed by atoms with van der Waals surface area (Å²) in [5.74, 6) is 0.125. The molecular formula is C13H16Cl2N2O. The number of amides is 1. The van der Waals surface area contributed by atoms with Gasteiger partial charge in [-0.2, -0.15) is 0 Å². The molecule has 5 heteroatoms. The highest BCUT2D eigenvalue weighted by Crippen LogP contribution is 2.23. The molecule has 1 aromatic rings. The second-order valence-electron chi connectivity index (χ2n) is 4.64. The van der Waals surface area contributed by atoms with E-state index in [4.69, 9.17) is 28.9 Å². The van der Waals surface area contributed by atoms with Crippen LogP contribution in [0.15, 0.2) is 18.2 Å². The number of hydrogen-bond acceptors (Lipinski definition) is 2. The SMILES string of the molecule is NC1CCN(C(=O)Cc2ccc(Cl)c(Cl)c2)CC1. The van der Waals surface area contributed by atoms with Crippen LogP contribution in [-0.4, -0.2) is 29.9 Å². The van der Waals surface area contributed by atoms with Crippen LogP contribution in [0.2, 0.25) is 10.0 Å². The van der Waals surface area contributed by atoms with E-state index in [1.165, 1.54) is 0 Å². The second kappa shape index (κ2) is 5.91. The minimum absolute atomic E-state index is 0.125. The number of carbonyl (C=O) groups excluding carboxylic acids is 1. The van der Waals surface area contributed by atoms with Crippen LogP contribution in [0.1, 0.15) is 18.4 Å². The van der Waals surface area contributed by atoms with Gasteiger partial charge in [-0.1, -0.05) is 29.3 Å². The molecule has 1 saturated heterocycles. The maximum absolute atomic E-state index is 12.1. The Labute approximate surface area is 117 Å². The minimum Gasteiger partial charge on any atom is -0.342 e. The largest absolute Gasteiger partial charge is 0.342 e. The Morgan fingerprint density at radius 2 is 1.94 bits per heavy atom. The summed E-state index contributed by atoms with van der Waals surface area (Å²) in [4.78, 5) is 13.9. The number of carbonyl (C=O) groups is 1. The summed E-state index contributed by atoms with van der Waals surface area (Å²) < 4.78 is 0. The highest BCUT2D eigenvalue weighted by Gasteiger charge is 2.20. The summed E-state index contributed by atoms with van der Waals surface area (Å²) in [6.45, 7) is 1.50. The fourth-order valence-electron chi connectivity index (χ4n) is 2.08. The zero-order valence-corrected chi connectivity index (χ0v) is 11.5. The van der Waals surface area contributed by atoms with Gasteiger partial charge in [0.05, 0.1) is 16.5 Å². The van der Waals surface area contributed by atoms with Crippen molar-refractivity contribution in [2.45, 2.75) is 25.3 Å². The van der Waals surface area contributed by atoms with E-state index in [-0.39, 0.29) is 11.9 Å². The number of hydrogen-bond donors (Lipinski definition) is 1. The maximum Gasteiger partial charge on any atom is 0.226 e. The number of likely N-dealkylation sites (tertiary alicyclic amines) is 1. The molecule has 0 aliphatic carbocycles. The van der Waals surface area contributed by atoms with Gasteiger partial charge < -0.3 is 10.6 Å². The van der Waals surface area contributed by atoms with Gasteiger partial charge in [0.1, 0.15) is 0 Å². The molecule has 1 fully saturated rings. The first kappa shape index (κ1) is 13.7. The normalized spacial score (nSPS) is 16.9. The van der Waals surface area contributed by atoms with Crippen molar-refractivity contribution in [2.24, 2.45) is 5.73 Å². The Kier molecular flexibility index (Phi) is 4.49. The summed E-state index contributed by atoms with van der Waals surface area (Å²) in [6.07, 6.45) is 2.13. The van der Waals surface area contributed by atoms with Crippen molar-refractivity contribution in [3.63, 3.8) is 0 Å². The van der Waals surface area contributed by atoms with Gasteiger partial charge in [-0.05, 0) is 30.5 Å². The molecule has 2 N–H and O–H groups in total. The van der Waals surface area contributed by atoms with Gasteiger partial charge in [-0.25, -0.2) is 0 Å². The van der Waals surface area contributed by atoms with Gasteiger partial charge in [0.2, 0.25) is 5.91 Å². The molecule has 1 aliphatic heterocycles. The number of benzene rings is 1. The molecule has 3 nitrogen and oxygen atoms in total. The number of nitrogens with two attached hydrogens (primary N) is 1. The molecule has 0 atom stereocenters. The van der Waals surface area contributed by atoms with E-state index < -0.39 is 0 Å². The van der Waals surface area contributed by atoms with Gasteiger partial charge >= 0.3 is 0 Å². The fourth-order valence-corrected chi connectivity index (χ4v) is 2.41. The zero-order valence-electron chi connectivity index (χ0n) is 10.0. The topological polar surface area (TPSA) is 46.3 Å². The van der Waals surface area contributed by atoms with Gasteiger partial charge in [0.15, 0.2) is 0 Å². The smallest absolute Gasteiger partial charge is 0.226 e. The van der Waals surface area contributed by atoms with Crippen LogP contribution >= 0.6 is 23.2 Å². The van der Waals surface area contributed by atoms with Crippen molar-refractivity contribution in [1.29, 1.82) is 0 Å². The van der Waals surface area contributed by atoms with E-state index in [1.54, 1.807) is 12.1 Å². The molecule has 18 heavy (non-hydrogen) atoms. The second-order valence-corrected chi connectivity index (χ2v) is 5.46.